The number of hydrazone groups is 1. The van der Waals surface area contributed by atoms with Crippen LogP contribution in [0.4, 0.5) is 0 Å². The standard InChI is InChI=1S/C22H21ClN2O2/c1-26-21-8-4-2-6-18(21)14-24-25-15-19-7-3-5-9-22(19)27-16-17-10-12-20(23)13-11-17/h2-13,15,24H,14,16H2,1H3/b25-15-. The molecule has 0 amide bonds. The first-order chi connectivity index (χ1) is 13.3. The highest BCUT2D eigenvalue weighted by molar-refractivity contribution is 6.30. The summed E-state index contributed by atoms with van der Waals surface area (Å²) in [5, 5.41) is 5.03. The number of hydrogen-bond donors (Lipinski definition) is 1. The molecule has 4 nitrogen and oxygen atoms in total. The Morgan fingerprint density at radius 2 is 1.63 bits per heavy atom. The highest BCUT2D eigenvalue weighted by atomic mass is 35.5. The van der Waals surface area contributed by atoms with Crippen LogP contribution in [0.15, 0.2) is 77.9 Å². The summed E-state index contributed by atoms with van der Waals surface area (Å²) in [7, 11) is 1.66. The second-order valence-electron chi connectivity index (χ2n) is 5.86. The fourth-order valence-electron chi connectivity index (χ4n) is 2.56. The number of nitrogens with zero attached hydrogens (tertiary/aromatic N) is 1. The second-order valence-corrected chi connectivity index (χ2v) is 6.29. The third-order valence-corrected chi connectivity index (χ3v) is 4.24. The van der Waals surface area contributed by atoms with Gasteiger partial charge in [-0.25, -0.2) is 0 Å². The van der Waals surface area contributed by atoms with Crippen LogP contribution < -0.4 is 14.9 Å². The van der Waals surface area contributed by atoms with Gasteiger partial charge >= 0.3 is 0 Å². The minimum atomic E-state index is 0.469. The zero-order valence-electron chi connectivity index (χ0n) is 15.1. The van der Waals surface area contributed by atoms with Crippen LogP contribution in [0.1, 0.15) is 16.7 Å². The maximum Gasteiger partial charge on any atom is 0.128 e. The number of hydrogen-bond acceptors (Lipinski definition) is 4. The summed E-state index contributed by atoms with van der Waals surface area (Å²) in [6.45, 7) is 1.05. The van der Waals surface area contributed by atoms with Gasteiger partial charge in [-0.05, 0) is 35.9 Å². The lowest BCUT2D eigenvalue weighted by Gasteiger charge is -2.09. The molecule has 1 N–H and O–H groups in total. The summed E-state index contributed by atoms with van der Waals surface area (Å²) >= 11 is 5.92. The van der Waals surface area contributed by atoms with Gasteiger partial charge in [0, 0.05) is 16.1 Å². The average Bonchev–Trinajstić information content (AvgIpc) is 2.72. The summed E-state index contributed by atoms with van der Waals surface area (Å²) in [5.41, 5.74) is 6.05. The van der Waals surface area contributed by atoms with Gasteiger partial charge in [-0.3, -0.25) is 0 Å². The molecule has 0 heterocycles. The van der Waals surface area contributed by atoms with Gasteiger partial charge in [-0.1, -0.05) is 54.1 Å². The molecule has 0 fully saturated rings. The fourth-order valence-corrected chi connectivity index (χ4v) is 2.68. The lowest BCUT2D eigenvalue weighted by atomic mass is 10.2. The molecule has 0 unspecified atom stereocenters. The van der Waals surface area contributed by atoms with Gasteiger partial charge in [-0.2, -0.15) is 5.10 Å². The van der Waals surface area contributed by atoms with Crippen molar-refractivity contribution in [3.63, 3.8) is 0 Å². The quantitative estimate of drug-likeness (QED) is 0.439. The summed E-state index contributed by atoms with van der Waals surface area (Å²) in [5.74, 6) is 1.61. The average molecular weight is 381 g/mol. The van der Waals surface area contributed by atoms with Gasteiger partial charge in [0.25, 0.3) is 0 Å². The van der Waals surface area contributed by atoms with Gasteiger partial charge in [0.2, 0.25) is 0 Å². The molecule has 3 aromatic rings. The largest absolute Gasteiger partial charge is 0.496 e. The SMILES string of the molecule is COc1ccccc1CN/N=C\c1ccccc1OCc1ccc(Cl)cc1. The molecule has 0 atom stereocenters. The number of benzene rings is 3. The van der Waals surface area contributed by atoms with Crippen molar-refractivity contribution >= 4 is 17.8 Å². The van der Waals surface area contributed by atoms with Crippen molar-refractivity contribution < 1.29 is 9.47 Å². The number of halogens is 1. The van der Waals surface area contributed by atoms with Gasteiger partial charge in [-0.15, -0.1) is 0 Å². The van der Waals surface area contributed by atoms with Crippen LogP contribution in [0, 0.1) is 0 Å². The molecule has 0 aliphatic carbocycles. The number of ether oxygens (including phenoxy) is 2. The molecule has 0 bridgehead atoms. The van der Waals surface area contributed by atoms with Crippen LogP contribution in [0.3, 0.4) is 0 Å². The Kier molecular flexibility index (Phi) is 6.72. The van der Waals surface area contributed by atoms with E-state index in [-0.39, 0.29) is 0 Å². The first-order valence-corrected chi connectivity index (χ1v) is 8.98. The Morgan fingerprint density at radius 1 is 0.926 bits per heavy atom. The van der Waals surface area contributed by atoms with Crippen molar-refractivity contribution in [2.24, 2.45) is 5.10 Å². The summed E-state index contributed by atoms with van der Waals surface area (Å²) < 4.78 is 11.3. The third kappa shape index (κ3) is 5.50. The molecule has 0 saturated heterocycles. The fraction of sp³-hybridized carbons (Fsp3) is 0.136. The number of rotatable bonds is 8. The monoisotopic (exact) mass is 380 g/mol. The first kappa shape index (κ1) is 18.8. The topological polar surface area (TPSA) is 42.8 Å². The zero-order valence-corrected chi connectivity index (χ0v) is 15.8. The Morgan fingerprint density at radius 3 is 2.41 bits per heavy atom. The summed E-state index contributed by atoms with van der Waals surface area (Å²) in [6.07, 6.45) is 1.76. The molecular weight excluding hydrogens is 360 g/mol. The van der Waals surface area contributed by atoms with E-state index in [4.69, 9.17) is 21.1 Å². The van der Waals surface area contributed by atoms with Crippen molar-refractivity contribution in [2.45, 2.75) is 13.2 Å². The molecular formula is C22H21ClN2O2. The first-order valence-electron chi connectivity index (χ1n) is 8.60. The van der Waals surface area contributed by atoms with E-state index in [9.17, 15) is 0 Å². The molecule has 0 aliphatic rings. The Balaban J connectivity index is 1.60. The highest BCUT2D eigenvalue weighted by Crippen LogP contribution is 2.19. The lowest BCUT2D eigenvalue weighted by Crippen LogP contribution is -2.07. The van der Waals surface area contributed by atoms with E-state index in [1.807, 2.05) is 72.8 Å². The van der Waals surface area contributed by atoms with E-state index < -0.39 is 0 Å². The van der Waals surface area contributed by atoms with E-state index in [1.54, 1.807) is 13.3 Å². The number of methoxy groups -OCH3 is 1. The molecule has 0 spiro atoms. The minimum Gasteiger partial charge on any atom is -0.496 e. The maximum absolute atomic E-state index is 5.93. The lowest BCUT2D eigenvalue weighted by molar-refractivity contribution is 0.306. The van der Waals surface area contributed by atoms with Crippen molar-refractivity contribution in [1.29, 1.82) is 0 Å². The van der Waals surface area contributed by atoms with Gasteiger partial charge in [0.1, 0.15) is 18.1 Å². The van der Waals surface area contributed by atoms with E-state index in [0.29, 0.717) is 18.2 Å². The molecule has 5 heteroatoms. The molecule has 0 radical (unpaired) electrons. The van der Waals surface area contributed by atoms with E-state index in [2.05, 4.69) is 10.5 Å². The third-order valence-electron chi connectivity index (χ3n) is 3.98. The van der Waals surface area contributed by atoms with Crippen molar-refractivity contribution in [2.75, 3.05) is 7.11 Å². The van der Waals surface area contributed by atoms with Crippen LogP contribution in [0.25, 0.3) is 0 Å². The summed E-state index contributed by atoms with van der Waals surface area (Å²) in [4.78, 5) is 0. The molecule has 3 rings (SSSR count). The van der Waals surface area contributed by atoms with Crippen molar-refractivity contribution in [3.05, 3.63) is 94.5 Å². The van der Waals surface area contributed by atoms with Crippen LogP contribution in [0.2, 0.25) is 5.02 Å². The molecule has 0 aliphatic heterocycles. The second kappa shape index (κ2) is 9.64. The highest BCUT2D eigenvalue weighted by Gasteiger charge is 2.02. The Labute approximate surface area is 164 Å². The number of para-hydroxylation sites is 2. The van der Waals surface area contributed by atoms with Crippen molar-refractivity contribution in [3.8, 4) is 11.5 Å². The Hall–Kier alpha value is -2.98. The maximum atomic E-state index is 5.93. The number of nitrogens with one attached hydrogen (secondary N) is 1. The predicted octanol–water partition coefficient (Wildman–Crippen LogP) is 5.05. The van der Waals surface area contributed by atoms with E-state index in [1.165, 1.54) is 0 Å². The smallest absolute Gasteiger partial charge is 0.128 e. The van der Waals surface area contributed by atoms with Crippen LogP contribution in [0.5, 0.6) is 11.5 Å². The Bertz CT molecular complexity index is 895. The molecule has 138 valence electrons. The molecule has 0 aromatic heterocycles. The van der Waals surface area contributed by atoms with E-state index in [0.717, 1.165) is 28.2 Å². The molecule has 0 saturated carbocycles. The molecule has 27 heavy (non-hydrogen) atoms. The zero-order chi connectivity index (χ0) is 18.9. The van der Waals surface area contributed by atoms with Crippen LogP contribution >= 0.6 is 11.6 Å². The predicted molar refractivity (Wildman–Crippen MR) is 110 cm³/mol. The van der Waals surface area contributed by atoms with Gasteiger partial charge in [0.05, 0.1) is 19.9 Å². The van der Waals surface area contributed by atoms with Crippen LogP contribution in [-0.2, 0) is 13.2 Å². The van der Waals surface area contributed by atoms with E-state index >= 15 is 0 Å². The van der Waals surface area contributed by atoms with Crippen molar-refractivity contribution in [1.82, 2.24) is 5.43 Å². The summed E-state index contributed by atoms with van der Waals surface area (Å²) in [6, 6.07) is 23.3. The normalized spacial score (nSPS) is 10.7. The van der Waals surface area contributed by atoms with Gasteiger partial charge < -0.3 is 14.9 Å². The van der Waals surface area contributed by atoms with Crippen LogP contribution in [-0.4, -0.2) is 13.3 Å². The molecule has 3 aromatic carbocycles. The van der Waals surface area contributed by atoms with Gasteiger partial charge in [0.15, 0.2) is 0 Å². The minimum absolute atomic E-state index is 0.469.